The van der Waals surface area contributed by atoms with Crippen molar-refractivity contribution >= 4 is 28.6 Å². The fourth-order valence-corrected chi connectivity index (χ4v) is 3.62. The second kappa shape index (κ2) is 5.81. The van der Waals surface area contributed by atoms with E-state index < -0.39 is 0 Å². The Balaban J connectivity index is 2.15. The van der Waals surface area contributed by atoms with Crippen LogP contribution in [0.1, 0.15) is 38.7 Å². The molecule has 5 heteroatoms. The van der Waals surface area contributed by atoms with Gasteiger partial charge in [-0.1, -0.05) is 24.3 Å². The standard InChI is InChI=1S/C18H21N3OS/c1-13(22)16-19-21(14-9-6-5-7-10-14)17(15-11-8-12-23-15)20(16)18(2,3)4/h5-12,17H,1-4H3/t17-/m1/s1. The summed E-state index contributed by atoms with van der Waals surface area (Å²) in [5, 5.41) is 8.69. The minimum atomic E-state index is -0.220. The third-order valence-electron chi connectivity index (χ3n) is 3.76. The van der Waals surface area contributed by atoms with E-state index in [1.807, 2.05) is 41.4 Å². The lowest BCUT2D eigenvalue weighted by Gasteiger charge is -2.40. The summed E-state index contributed by atoms with van der Waals surface area (Å²) >= 11 is 1.68. The summed E-state index contributed by atoms with van der Waals surface area (Å²) in [4.78, 5) is 15.5. The zero-order valence-corrected chi connectivity index (χ0v) is 14.7. The Hall–Kier alpha value is -2.14. The largest absolute Gasteiger partial charge is 0.321 e. The molecule has 4 nitrogen and oxygen atoms in total. The van der Waals surface area contributed by atoms with Crippen molar-refractivity contribution in [3.8, 4) is 0 Å². The van der Waals surface area contributed by atoms with E-state index in [2.05, 4.69) is 42.2 Å². The van der Waals surface area contributed by atoms with Crippen molar-refractivity contribution in [1.82, 2.24) is 4.90 Å². The zero-order valence-electron chi connectivity index (χ0n) is 13.9. The number of thiophene rings is 1. The smallest absolute Gasteiger partial charge is 0.196 e. The first kappa shape index (κ1) is 15.7. The summed E-state index contributed by atoms with van der Waals surface area (Å²) in [7, 11) is 0. The minimum Gasteiger partial charge on any atom is -0.321 e. The number of anilines is 1. The van der Waals surface area contributed by atoms with Gasteiger partial charge in [0, 0.05) is 17.3 Å². The van der Waals surface area contributed by atoms with E-state index in [-0.39, 0.29) is 17.5 Å². The Labute approximate surface area is 141 Å². The highest BCUT2D eigenvalue weighted by molar-refractivity contribution is 7.10. The summed E-state index contributed by atoms with van der Waals surface area (Å²) in [5.74, 6) is 0.500. The first-order valence-electron chi connectivity index (χ1n) is 7.66. The third kappa shape index (κ3) is 2.88. The molecule has 1 aromatic carbocycles. The summed E-state index contributed by atoms with van der Waals surface area (Å²) < 4.78 is 0. The highest BCUT2D eigenvalue weighted by atomic mass is 32.1. The van der Waals surface area contributed by atoms with Crippen molar-refractivity contribution in [2.75, 3.05) is 5.01 Å². The molecule has 0 bridgehead atoms. The summed E-state index contributed by atoms with van der Waals surface area (Å²) in [5.41, 5.74) is 0.763. The van der Waals surface area contributed by atoms with Gasteiger partial charge in [-0.2, -0.15) is 0 Å². The van der Waals surface area contributed by atoms with Crippen molar-refractivity contribution in [1.29, 1.82) is 0 Å². The molecule has 120 valence electrons. The lowest BCUT2D eigenvalue weighted by atomic mass is 10.0. The Morgan fingerprint density at radius 2 is 1.83 bits per heavy atom. The Morgan fingerprint density at radius 3 is 2.35 bits per heavy atom. The molecule has 1 aliphatic rings. The number of carbonyl (C=O) groups excluding carboxylic acids is 1. The molecule has 0 amide bonds. The number of rotatable bonds is 3. The molecule has 0 saturated heterocycles. The average Bonchev–Trinajstić information content (AvgIpc) is 3.14. The van der Waals surface area contributed by atoms with E-state index in [1.165, 1.54) is 4.88 Å². The number of para-hydroxylation sites is 1. The van der Waals surface area contributed by atoms with Crippen molar-refractivity contribution < 1.29 is 4.79 Å². The lowest BCUT2D eigenvalue weighted by Crippen LogP contribution is -2.48. The van der Waals surface area contributed by atoms with Crippen LogP contribution in [0, 0.1) is 0 Å². The number of hydrogen-bond donors (Lipinski definition) is 0. The van der Waals surface area contributed by atoms with Gasteiger partial charge in [-0.15, -0.1) is 16.4 Å². The van der Waals surface area contributed by atoms with Crippen LogP contribution in [-0.2, 0) is 4.79 Å². The van der Waals surface area contributed by atoms with Crippen LogP contribution in [0.4, 0.5) is 5.69 Å². The first-order valence-corrected chi connectivity index (χ1v) is 8.54. The Morgan fingerprint density at radius 1 is 1.13 bits per heavy atom. The molecule has 0 unspecified atom stereocenters. The lowest BCUT2D eigenvalue weighted by molar-refractivity contribution is -0.112. The zero-order chi connectivity index (χ0) is 16.6. The number of hydrazone groups is 1. The quantitative estimate of drug-likeness (QED) is 0.844. The maximum atomic E-state index is 12.2. The van der Waals surface area contributed by atoms with E-state index >= 15 is 0 Å². The fraction of sp³-hybridized carbons (Fsp3) is 0.333. The molecule has 1 atom stereocenters. The number of ketones is 1. The van der Waals surface area contributed by atoms with Crippen LogP contribution in [-0.4, -0.2) is 22.1 Å². The van der Waals surface area contributed by atoms with Gasteiger partial charge in [0.15, 0.2) is 17.8 Å². The van der Waals surface area contributed by atoms with Crippen LogP contribution in [0.15, 0.2) is 52.9 Å². The Bertz CT molecular complexity index is 716. The van der Waals surface area contributed by atoms with Gasteiger partial charge in [0.1, 0.15) is 0 Å². The highest BCUT2D eigenvalue weighted by Crippen LogP contribution is 2.41. The molecule has 0 saturated carbocycles. The van der Waals surface area contributed by atoms with E-state index in [0.29, 0.717) is 5.84 Å². The van der Waals surface area contributed by atoms with Gasteiger partial charge >= 0.3 is 0 Å². The maximum absolute atomic E-state index is 12.2. The van der Waals surface area contributed by atoms with Crippen molar-refractivity contribution in [2.45, 2.75) is 39.4 Å². The van der Waals surface area contributed by atoms with Gasteiger partial charge in [-0.05, 0) is 44.4 Å². The molecule has 0 radical (unpaired) electrons. The number of carbonyl (C=O) groups is 1. The predicted molar refractivity (Wildman–Crippen MR) is 95.7 cm³/mol. The van der Waals surface area contributed by atoms with Crippen LogP contribution in [0.5, 0.6) is 0 Å². The number of nitrogens with zero attached hydrogens (tertiary/aromatic N) is 3. The van der Waals surface area contributed by atoms with Crippen molar-refractivity contribution in [3.63, 3.8) is 0 Å². The number of benzene rings is 1. The molecule has 3 rings (SSSR count). The van der Waals surface area contributed by atoms with Crippen molar-refractivity contribution in [3.05, 3.63) is 52.7 Å². The number of amidine groups is 1. The normalized spacial score (nSPS) is 18.3. The monoisotopic (exact) mass is 327 g/mol. The molecule has 0 N–H and O–H groups in total. The van der Waals surface area contributed by atoms with Crippen LogP contribution < -0.4 is 5.01 Å². The van der Waals surface area contributed by atoms with Crippen LogP contribution in [0.2, 0.25) is 0 Å². The molecule has 0 spiro atoms. The summed E-state index contributed by atoms with van der Waals surface area (Å²) in [6, 6.07) is 14.1. The molecule has 2 aromatic rings. The predicted octanol–water partition coefficient (Wildman–Crippen LogP) is 4.27. The Kier molecular flexibility index (Phi) is 3.98. The van der Waals surface area contributed by atoms with E-state index in [4.69, 9.17) is 0 Å². The van der Waals surface area contributed by atoms with Gasteiger partial charge in [-0.25, -0.2) is 5.01 Å². The molecular weight excluding hydrogens is 306 g/mol. The molecule has 1 aliphatic heterocycles. The SMILES string of the molecule is CC(=O)C1=NN(c2ccccc2)[C@H](c2cccs2)N1C(C)(C)C. The van der Waals surface area contributed by atoms with Crippen molar-refractivity contribution in [2.24, 2.45) is 5.10 Å². The molecule has 1 aromatic heterocycles. The summed E-state index contributed by atoms with van der Waals surface area (Å²) in [6.45, 7) is 7.92. The van der Waals surface area contributed by atoms with Crippen LogP contribution in [0.3, 0.4) is 0 Å². The van der Waals surface area contributed by atoms with E-state index in [0.717, 1.165) is 5.69 Å². The molecule has 0 aliphatic carbocycles. The third-order valence-corrected chi connectivity index (χ3v) is 4.68. The first-order chi connectivity index (χ1) is 10.9. The highest BCUT2D eigenvalue weighted by Gasteiger charge is 2.43. The number of Topliss-reactive ketones (excluding diaryl/α,β-unsaturated/α-hetero) is 1. The molecule has 2 heterocycles. The van der Waals surface area contributed by atoms with E-state index in [1.54, 1.807) is 18.3 Å². The van der Waals surface area contributed by atoms with Gasteiger partial charge in [0.05, 0.1) is 5.69 Å². The van der Waals surface area contributed by atoms with Gasteiger partial charge in [0.25, 0.3) is 0 Å². The van der Waals surface area contributed by atoms with E-state index in [9.17, 15) is 4.79 Å². The maximum Gasteiger partial charge on any atom is 0.196 e. The molecule has 23 heavy (non-hydrogen) atoms. The van der Waals surface area contributed by atoms with Crippen LogP contribution >= 0.6 is 11.3 Å². The molecule has 0 fully saturated rings. The second-order valence-electron chi connectivity index (χ2n) is 6.59. The van der Waals surface area contributed by atoms with Crippen LogP contribution in [0.25, 0.3) is 0 Å². The topological polar surface area (TPSA) is 35.9 Å². The van der Waals surface area contributed by atoms with Gasteiger partial charge in [-0.3, -0.25) is 4.79 Å². The fourth-order valence-electron chi connectivity index (χ4n) is 2.82. The molecular formula is C18H21N3OS. The van der Waals surface area contributed by atoms with Gasteiger partial charge in [0.2, 0.25) is 0 Å². The van der Waals surface area contributed by atoms with Gasteiger partial charge < -0.3 is 4.90 Å². The minimum absolute atomic E-state index is 0.0140. The average molecular weight is 327 g/mol. The summed E-state index contributed by atoms with van der Waals surface area (Å²) in [6.07, 6.45) is -0.101. The second-order valence-corrected chi connectivity index (χ2v) is 7.57. The number of hydrogen-bond acceptors (Lipinski definition) is 5.